The Morgan fingerprint density at radius 2 is 0.788 bits per heavy atom. The van der Waals surface area contributed by atoms with Crippen LogP contribution < -0.4 is 0 Å². The average Bonchev–Trinajstić information content (AvgIpc) is 3.83. The Morgan fingerprint density at radius 1 is 0.288 bits per heavy atom. The summed E-state index contributed by atoms with van der Waals surface area (Å²) >= 11 is 0. The van der Waals surface area contributed by atoms with E-state index in [1.54, 1.807) is 0 Å². The molecular weight excluding hydrogens is 641 g/mol. The molecule has 0 aliphatic heterocycles. The number of para-hydroxylation sites is 1. The predicted molar refractivity (Wildman–Crippen MR) is 207 cm³/mol. The maximum atomic E-state index is 6.19. The van der Waals surface area contributed by atoms with E-state index in [1.165, 1.54) is 0 Å². The van der Waals surface area contributed by atoms with Gasteiger partial charge in [0.15, 0.2) is 23.1 Å². The first-order chi connectivity index (χ1) is 25.7. The molecule has 6 heteroatoms. The van der Waals surface area contributed by atoms with Gasteiger partial charge in [0.1, 0.15) is 16.7 Å². The van der Waals surface area contributed by atoms with E-state index in [1.807, 2.05) is 91.0 Å². The number of hydrogen-bond acceptors (Lipinski definition) is 6. The van der Waals surface area contributed by atoms with Crippen LogP contribution in [-0.4, -0.2) is 19.9 Å². The Balaban J connectivity index is 0.957. The van der Waals surface area contributed by atoms with Crippen molar-refractivity contribution in [1.29, 1.82) is 0 Å². The minimum Gasteiger partial charge on any atom is -0.456 e. The number of aromatic nitrogens is 4. The normalized spacial score (nSPS) is 11.5. The summed E-state index contributed by atoms with van der Waals surface area (Å²) in [6.07, 6.45) is 0. The summed E-state index contributed by atoms with van der Waals surface area (Å²) in [7, 11) is 0. The highest BCUT2D eigenvalue weighted by Gasteiger charge is 2.15. The van der Waals surface area contributed by atoms with E-state index in [2.05, 4.69) is 78.9 Å². The zero-order valence-corrected chi connectivity index (χ0v) is 27.8. The predicted octanol–water partition coefficient (Wildman–Crippen LogP) is 11.9. The Labute approximate surface area is 298 Å². The van der Waals surface area contributed by atoms with Crippen LogP contribution >= 0.6 is 0 Å². The summed E-state index contributed by atoms with van der Waals surface area (Å²) < 4.78 is 12.2. The molecule has 3 aromatic heterocycles. The van der Waals surface area contributed by atoms with Crippen molar-refractivity contribution in [3.8, 4) is 67.9 Å². The van der Waals surface area contributed by atoms with Crippen molar-refractivity contribution in [2.24, 2.45) is 0 Å². The zero-order chi connectivity index (χ0) is 34.4. The molecule has 6 nitrogen and oxygen atoms in total. The van der Waals surface area contributed by atoms with E-state index in [9.17, 15) is 0 Å². The van der Waals surface area contributed by atoms with Gasteiger partial charge in [0, 0.05) is 33.0 Å². The van der Waals surface area contributed by atoms with Crippen LogP contribution in [0.5, 0.6) is 0 Å². The molecule has 0 spiro atoms. The van der Waals surface area contributed by atoms with E-state index in [-0.39, 0.29) is 0 Å². The topological polar surface area (TPSA) is 77.8 Å². The summed E-state index contributed by atoms with van der Waals surface area (Å²) in [5.74, 6) is 2.44. The van der Waals surface area contributed by atoms with Gasteiger partial charge >= 0.3 is 0 Å². The first kappa shape index (κ1) is 29.7. The van der Waals surface area contributed by atoms with Gasteiger partial charge < -0.3 is 8.83 Å². The van der Waals surface area contributed by atoms with Gasteiger partial charge in [-0.2, -0.15) is 0 Å². The molecule has 0 saturated carbocycles. The fraction of sp³-hybridized carbons (Fsp3) is 0. The number of fused-ring (bicyclic) bond motifs is 4. The van der Waals surface area contributed by atoms with Crippen LogP contribution in [0.2, 0.25) is 0 Å². The van der Waals surface area contributed by atoms with E-state index in [4.69, 9.17) is 28.8 Å². The SMILES string of the molecule is c1ccc(-c2nc(-c3ccc(-c4ccc(-c5ccc6oc(-c7ccccc7)nc6c5)cc4)cc3)nc(-c3ccc4c(c3)oc3ccccc34)n2)cc1. The van der Waals surface area contributed by atoms with Gasteiger partial charge in [0.2, 0.25) is 5.89 Å². The van der Waals surface area contributed by atoms with Crippen LogP contribution in [0.3, 0.4) is 0 Å². The number of nitrogens with zero attached hydrogens (tertiary/aromatic N) is 4. The first-order valence-electron chi connectivity index (χ1n) is 17.1. The molecule has 0 radical (unpaired) electrons. The Kier molecular flexibility index (Phi) is 7.03. The number of oxazole rings is 1. The zero-order valence-electron chi connectivity index (χ0n) is 27.8. The van der Waals surface area contributed by atoms with Gasteiger partial charge in [-0.15, -0.1) is 0 Å². The number of hydrogen-bond donors (Lipinski definition) is 0. The summed E-state index contributed by atoms with van der Waals surface area (Å²) in [6, 6.07) is 57.3. The number of benzene rings is 7. The van der Waals surface area contributed by atoms with Crippen molar-refractivity contribution < 1.29 is 8.83 Å². The molecule has 0 bridgehead atoms. The lowest BCUT2D eigenvalue weighted by atomic mass is 9.99. The molecule has 244 valence electrons. The fourth-order valence-corrected chi connectivity index (χ4v) is 6.69. The summed E-state index contributed by atoms with van der Waals surface area (Å²) in [5.41, 5.74) is 11.3. The smallest absolute Gasteiger partial charge is 0.227 e. The Bertz CT molecular complexity index is 2880. The second kappa shape index (κ2) is 12.3. The third-order valence-electron chi connectivity index (χ3n) is 9.41. The van der Waals surface area contributed by atoms with Crippen molar-refractivity contribution >= 4 is 33.0 Å². The highest BCUT2D eigenvalue weighted by atomic mass is 16.3. The molecule has 0 fully saturated rings. The molecule has 0 atom stereocenters. The first-order valence-corrected chi connectivity index (χ1v) is 17.1. The Morgan fingerprint density at radius 3 is 1.48 bits per heavy atom. The van der Waals surface area contributed by atoms with Gasteiger partial charge in [-0.05, 0) is 64.7 Å². The largest absolute Gasteiger partial charge is 0.456 e. The third kappa shape index (κ3) is 5.39. The summed E-state index contributed by atoms with van der Waals surface area (Å²) in [4.78, 5) is 19.6. The van der Waals surface area contributed by atoms with Crippen molar-refractivity contribution in [3.63, 3.8) is 0 Å². The highest BCUT2D eigenvalue weighted by Crippen LogP contribution is 2.34. The lowest BCUT2D eigenvalue weighted by Crippen LogP contribution is -2.00. The molecule has 0 amide bonds. The fourth-order valence-electron chi connectivity index (χ4n) is 6.69. The molecule has 52 heavy (non-hydrogen) atoms. The molecule has 3 heterocycles. The van der Waals surface area contributed by atoms with Crippen molar-refractivity contribution in [3.05, 3.63) is 170 Å². The van der Waals surface area contributed by atoms with Crippen LogP contribution in [0, 0.1) is 0 Å². The lowest BCUT2D eigenvalue weighted by molar-refractivity contribution is 0.620. The van der Waals surface area contributed by atoms with Crippen molar-refractivity contribution in [2.45, 2.75) is 0 Å². The second-order valence-corrected chi connectivity index (χ2v) is 12.7. The molecule has 0 saturated heterocycles. The van der Waals surface area contributed by atoms with E-state index >= 15 is 0 Å². The second-order valence-electron chi connectivity index (χ2n) is 12.7. The van der Waals surface area contributed by atoms with Crippen LogP contribution in [-0.2, 0) is 0 Å². The average molecular weight is 669 g/mol. The molecular formula is C46H28N4O2. The van der Waals surface area contributed by atoms with Gasteiger partial charge in [0.05, 0.1) is 0 Å². The third-order valence-corrected chi connectivity index (χ3v) is 9.41. The van der Waals surface area contributed by atoms with Crippen LogP contribution in [0.15, 0.2) is 179 Å². The standard InChI is InChI=1S/C46H28N4O2/c1-3-9-32(10-4-1)43-48-44(50-45(49-43)36-23-25-38-37-13-7-8-14-40(37)51-42(38)28-36)33-21-19-30(20-22-33)29-15-17-31(18-16-29)35-24-26-41-39(27-35)47-46(52-41)34-11-5-2-6-12-34/h1-28H. The quantitative estimate of drug-likeness (QED) is 0.175. The molecule has 0 aliphatic carbocycles. The molecule has 10 aromatic rings. The van der Waals surface area contributed by atoms with Gasteiger partial charge in [0.25, 0.3) is 0 Å². The minimum absolute atomic E-state index is 0.589. The molecule has 0 aliphatic rings. The van der Waals surface area contributed by atoms with E-state index in [0.717, 1.165) is 77.5 Å². The maximum absolute atomic E-state index is 6.19. The van der Waals surface area contributed by atoms with Crippen LogP contribution in [0.1, 0.15) is 0 Å². The minimum atomic E-state index is 0.589. The number of furan rings is 1. The molecule has 7 aromatic carbocycles. The highest BCUT2D eigenvalue weighted by molar-refractivity contribution is 6.05. The van der Waals surface area contributed by atoms with Gasteiger partial charge in [-0.25, -0.2) is 19.9 Å². The summed E-state index contributed by atoms with van der Waals surface area (Å²) in [6.45, 7) is 0. The Hall–Kier alpha value is -7.18. The lowest BCUT2D eigenvalue weighted by Gasteiger charge is -2.09. The molecule has 0 N–H and O–H groups in total. The van der Waals surface area contributed by atoms with E-state index < -0.39 is 0 Å². The monoisotopic (exact) mass is 668 g/mol. The van der Waals surface area contributed by atoms with Gasteiger partial charge in [-0.1, -0.05) is 127 Å². The molecule has 0 unspecified atom stereocenters. The van der Waals surface area contributed by atoms with Crippen molar-refractivity contribution in [1.82, 2.24) is 19.9 Å². The maximum Gasteiger partial charge on any atom is 0.227 e. The van der Waals surface area contributed by atoms with E-state index in [0.29, 0.717) is 23.4 Å². The van der Waals surface area contributed by atoms with Crippen molar-refractivity contribution in [2.75, 3.05) is 0 Å². The summed E-state index contributed by atoms with van der Waals surface area (Å²) in [5, 5.41) is 2.15. The van der Waals surface area contributed by atoms with Crippen LogP contribution in [0.25, 0.3) is 101 Å². The molecule has 10 rings (SSSR count). The van der Waals surface area contributed by atoms with Gasteiger partial charge in [-0.3, -0.25) is 0 Å². The number of rotatable bonds is 6. The van der Waals surface area contributed by atoms with Crippen LogP contribution in [0.4, 0.5) is 0 Å².